The number of hydrogen-bond donors (Lipinski definition) is 3. The molecule has 0 saturated heterocycles. The summed E-state index contributed by atoms with van der Waals surface area (Å²) in [6.07, 6.45) is 0. The molecule has 8 nitrogen and oxygen atoms in total. The maximum Gasteiger partial charge on any atom is 0.273 e. The van der Waals surface area contributed by atoms with Crippen LogP contribution in [-0.4, -0.2) is 27.2 Å². The highest BCUT2D eigenvalue weighted by atomic mass is 16.6. The molecule has 0 heterocycles. The first-order chi connectivity index (χ1) is 8.82. The van der Waals surface area contributed by atoms with Crippen LogP contribution in [0.25, 0.3) is 0 Å². The van der Waals surface area contributed by atoms with Crippen molar-refractivity contribution in [3.8, 4) is 5.75 Å². The van der Waals surface area contributed by atoms with E-state index in [1.165, 1.54) is 26.0 Å². The third-order valence-electron chi connectivity index (χ3n) is 2.17. The van der Waals surface area contributed by atoms with Crippen molar-refractivity contribution < 1.29 is 14.8 Å². The number of non-ortho nitro benzene ring substituents is 1. The summed E-state index contributed by atoms with van der Waals surface area (Å²) in [6, 6.07) is 3.40. The molecule has 1 aromatic rings. The summed E-state index contributed by atoms with van der Waals surface area (Å²) in [5, 5.41) is 31.1. The van der Waals surface area contributed by atoms with Crippen molar-refractivity contribution in [1.29, 1.82) is 5.41 Å². The lowest BCUT2D eigenvalue weighted by molar-refractivity contribution is -0.384. The summed E-state index contributed by atoms with van der Waals surface area (Å²) in [5.41, 5.74) is 2.12. The van der Waals surface area contributed by atoms with Crippen molar-refractivity contribution in [2.45, 2.75) is 13.8 Å². The van der Waals surface area contributed by atoms with Gasteiger partial charge in [0.1, 0.15) is 11.5 Å². The van der Waals surface area contributed by atoms with Crippen molar-refractivity contribution >= 4 is 28.6 Å². The Balaban J connectivity index is 3.01. The fourth-order valence-corrected chi connectivity index (χ4v) is 1.27. The van der Waals surface area contributed by atoms with E-state index in [2.05, 4.69) is 10.5 Å². The molecule has 0 aliphatic heterocycles. The number of hydrogen-bond acceptors (Lipinski definition) is 7. The van der Waals surface area contributed by atoms with Gasteiger partial charge < -0.3 is 10.5 Å². The summed E-state index contributed by atoms with van der Waals surface area (Å²) in [6.45, 7) is 2.66. The maximum absolute atomic E-state index is 11.2. The Kier molecular flexibility index (Phi) is 4.30. The Hall–Kier alpha value is -2.77. The van der Waals surface area contributed by atoms with E-state index in [1.807, 2.05) is 0 Å². The van der Waals surface area contributed by atoms with Crippen LogP contribution in [-0.2, 0) is 4.79 Å². The number of carbonyl (C=O) groups excluding carboxylic acids is 1. The van der Waals surface area contributed by atoms with Gasteiger partial charge in [0.25, 0.3) is 5.69 Å². The summed E-state index contributed by atoms with van der Waals surface area (Å²) in [4.78, 5) is 21.0. The number of hydrazone groups is 1. The van der Waals surface area contributed by atoms with E-state index in [1.54, 1.807) is 0 Å². The highest BCUT2D eigenvalue weighted by Crippen LogP contribution is 2.27. The van der Waals surface area contributed by atoms with Crippen LogP contribution in [0.1, 0.15) is 13.8 Å². The predicted molar refractivity (Wildman–Crippen MR) is 69.9 cm³/mol. The van der Waals surface area contributed by atoms with Crippen molar-refractivity contribution in [3.05, 3.63) is 28.3 Å². The van der Waals surface area contributed by atoms with E-state index >= 15 is 0 Å². The number of Topliss-reactive ketones (excluding diaryl/α,β-unsaturated/α-hetero) is 1. The van der Waals surface area contributed by atoms with E-state index in [-0.39, 0.29) is 28.5 Å². The fraction of sp³-hybridized carbons (Fsp3) is 0.182. The van der Waals surface area contributed by atoms with Gasteiger partial charge in [-0.1, -0.05) is 0 Å². The number of nitro benzene ring substituents is 1. The smallest absolute Gasteiger partial charge is 0.273 e. The number of phenolic OH excluding ortho intramolecular Hbond substituents is 1. The van der Waals surface area contributed by atoms with Gasteiger partial charge in [0, 0.05) is 13.0 Å². The van der Waals surface area contributed by atoms with Crippen molar-refractivity contribution in [1.82, 2.24) is 0 Å². The Labute approximate surface area is 108 Å². The second kappa shape index (κ2) is 5.71. The SMILES string of the molecule is CC(=N)/C(=N/Nc1ccc([N+](=O)[O-])cc1O)C(C)=O. The molecule has 3 N–H and O–H groups in total. The molecule has 19 heavy (non-hydrogen) atoms. The molecule has 0 aromatic heterocycles. The normalized spacial score (nSPS) is 10.9. The first-order valence-corrected chi connectivity index (χ1v) is 5.20. The number of nitrogens with one attached hydrogen (secondary N) is 2. The molecule has 0 atom stereocenters. The average Bonchev–Trinajstić information content (AvgIpc) is 2.29. The molecule has 1 aromatic carbocycles. The van der Waals surface area contributed by atoms with Crippen LogP contribution in [0, 0.1) is 15.5 Å². The molecule has 0 bridgehead atoms. The van der Waals surface area contributed by atoms with Crippen molar-refractivity contribution in [2.24, 2.45) is 5.10 Å². The lowest BCUT2D eigenvalue weighted by Crippen LogP contribution is -2.20. The van der Waals surface area contributed by atoms with Gasteiger partial charge in [-0.2, -0.15) is 5.10 Å². The minimum Gasteiger partial charge on any atom is -0.505 e. The molecule has 0 amide bonds. The molecular weight excluding hydrogens is 252 g/mol. The van der Waals surface area contributed by atoms with E-state index in [0.29, 0.717) is 0 Å². The average molecular weight is 264 g/mol. The van der Waals surface area contributed by atoms with Gasteiger partial charge in [0.2, 0.25) is 0 Å². The number of carbonyl (C=O) groups is 1. The molecular formula is C11H12N4O4. The first kappa shape index (κ1) is 14.3. The highest BCUT2D eigenvalue weighted by Gasteiger charge is 2.11. The van der Waals surface area contributed by atoms with Gasteiger partial charge in [-0.05, 0) is 13.0 Å². The van der Waals surface area contributed by atoms with Gasteiger partial charge in [-0.25, -0.2) is 0 Å². The summed E-state index contributed by atoms with van der Waals surface area (Å²) in [7, 11) is 0. The highest BCUT2D eigenvalue weighted by molar-refractivity contribution is 6.66. The second-order valence-electron chi connectivity index (χ2n) is 3.71. The summed E-state index contributed by atoms with van der Waals surface area (Å²) >= 11 is 0. The zero-order valence-corrected chi connectivity index (χ0v) is 10.3. The van der Waals surface area contributed by atoms with E-state index in [0.717, 1.165) is 6.07 Å². The van der Waals surface area contributed by atoms with Crippen LogP contribution in [0.2, 0.25) is 0 Å². The topological polar surface area (TPSA) is 129 Å². The Morgan fingerprint density at radius 3 is 2.53 bits per heavy atom. The van der Waals surface area contributed by atoms with Crippen molar-refractivity contribution in [2.75, 3.05) is 5.43 Å². The van der Waals surface area contributed by atoms with Crippen LogP contribution < -0.4 is 5.43 Å². The van der Waals surface area contributed by atoms with Crippen LogP contribution in [0.15, 0.2) is 23.3 Å². The van der Waals surface area contributed by atoms with Crippen LogP contribution in [0.3, 0.4) is 0 Å². The lowest BCUT2D eigenvalue weighted by atomic mass is 10.2. The van der Waals surface area contributed by atoms with Gasteiger partial charge in [0.15, 0.2) is 5.78 Å². The molecule has 0 radical (unpaired) electrons. The molecule has 0 unspecified atom stereocenters. The quantitative estimate of drug-likeness (QED) is 0.322. The third-order valence-corrected chi connectivity index (χ3v) is 2.17. The zero-order valence-electron chi connectivity index (χ0n) is 10.3. The Morgan fingerprint density at radius 2 is 2.11 bits per heavy atom. The van der Waals surface area contributed by atoms with E-state index in [9.17, 15) is 20.0 Å². The molecule has 100 valence electrons. The number of anilines is 1. The third kappa shape index (κ3) is 3.60. The molecule has 8 heteroatoms. The number of ketones is 1. The second-order valence-corrected chi connectivity index (χ2v) is 3.71. The van der Waals surface area contributed by atoms with Crippen molar-refractivity contribution in [3.63, 3.8) is 0 Å². The lowest BCUT2D eigenvalue weighted by Gasteiger charge is -2.05. The minimum absolute atomic E-state index is 0.0265. The number of benzene rings is 1. The predicted octanol–water partition coefficient (Wildman–Crippen LogP) is 1.70. The van der Waals surface area contributed by atoms with Gasteiger partial charge >= 0.3 is 0 Å². The molecule has 0 saturated carbocycles. The number of aromatic hydroxyl groups is 1. The number of rotatable bonds is 5. The van der Waals surface area contributed by atoms with Crippen LogP contribution in [0.4, 0.5) is 11.4 Å². The standard InChI is InChI=1S/C11H12N4O4/c1-6(12)11(7(2)16)14-13-9-4-3-8(15(18)19)5-10(9)17/h3-5,12-13,17H,1-2H3/b12-6?,14-11-. The summed E-state index contributed by atoms with van der Waals surface area (Å²) in [5.74, 6) is -0.773. The molecule has 0 aliphatic carbocycles. The number of phenols is 1. The minimum atomic E-state index is -0.643. The summed E-state index contributed by atoms with van der Waals surface area (Å²) < 4.78 is 0. The Morgan fingerprint density at radius 1 is 1.47 bits per heavy atom. The van der Waals surface area contributed by atoms with Crippen LogP contribution >= 0.6 is 0 Å². The maximum atomic E-state index is 11.2. The molecule has 0 spiro atoms. The molecule has 0 aliphatic rings. The molecule has 1 rings (SSSR count). The van der Waals surface area contributed by atoms with E-state index in [4.69, 9.17) is 5.41 Å². The molecule has 0 fully saturated rings. The van der Waals surface area contributed by atoms with Gasteiger partial charge in [-0.3, -0.25) is 20.3 Å². The van der Waals surface area contributed by atoms with Gasteiger partial charge in [0.05, 0.1) is 22.4 Å². The monoisotopic (exact) mass is 264 g/mol. The fourth-order valence-electron chi connectivity index (χ4n) is 1.27. The number of nitro groups is 1. The van der Waals surface area contributed by atoms with E-state index < -0.39 is 10.7 Å². The first-order valence-electron chi connectivity index (χ1n) is 5.20. The Bertz CT molecular complexity index is 564. The largest absolute Gasteiger partial charge is 0.505 e. The van der Waals surface area contributed by atoms with Gasteiger partial charge in [-0.15, -0.1) is 0 Å². The van der Waals surface area contributed by atoms with Crippen LogP contribution in [0.5, 0.6) is 5.75 Å². The number of nitrogens with zero attached hydrogens (tertiary/aromatic N) is 2. The zero-order chi connectivity index (χ0) is 14.6.